The van der Waals surface area contributed by atoms with Crippen LogP contribution in [0.5, 0.6) is 0 Å². The first-order valence-corrected chi connectivity index (χ1v) is 7.51. The number of fused-ring (bicyclic) bond motifs is 1. The molecule has 24 heavy (non-hydrogen) atoms. The number of hydrogen-bond donors (Lipinski definition) is 1. The molecule has 3 aromatic rings. The fourth-order valence-electron chi connectivity index (χ4n) is 2.33. The van der Waals surface area contributed by atoms with Crippen molar-refractivity contribution in [3.8, 4) is 0 Å². The van der Waals surface area contributed by atoms with Crippen LogP contribution in [-0.2, 0) is 16.1 Å². The number of amides is 1. The predicted molar refractivity (Wildman–Crippen MR) is 89.3 cm³/mol. The summed E-state index contributed by atoms with van der Waals surface area (Å²) in [7, 11) is 1.68. The number of likely N-dealkylation sites (N-methyl/N-ethyl adjacent to an activating group) is 1. The van der Waals surface area contributed by atoms with Crippen LogP contribution in [0.3, 0.4) is 0 Å². The summed E-state index contributed by atoms with van der Waals surface area (Å²) in [6.07, 6.45) is 1.56. The van der Waals surface area contributed by atoms with Gasteiger partial charge in [0.1, 0.15) is 0 Å². The second kappa shape index (κ2) is 6.95. The Bertz CT molecular complexity index is 858. The smallest absolute Gasteiger partial charge is 0.338 e. The number of hydrogen-bond acceptors (Lipinski definition) is 4. The van der Waals surface area contributed by atoms with Gasteiger partial charge in [0.2, 0.25) is 0 Å². The second-order valence-corrected chi connectivity index (χ2v) is 5.45. The monoisotopic (exact) mass is 323 g/mol. The normalized spacial score (nSPS) is 10.5. The first-order valence-electron chi connectivity index (χ1n) is 7.51. The molecule has 0 spiro atoms. The lowest BCUT2D eigenvalue weighted by Crippen LogP contribution is -2.30. The molecule has 6 nitrogen and oxygen atoms in total. The molecule has 3 rings (SSSR count). The van der Waals surface area contributed by atoms with E-state index in [0.717, 1.165) is 16.6 Å². The van der Waals surface area contributed by atoms with Crippen molar-refractivity contribution in [2.45, 2.75) is 6.54 Å². The Kier molecular flexibility index (Phi) is 4.56. The lowest BCUT2D eigenvalue weighted by Gasteiger charge is -2.17. The summed E-state index contributed by atoms with van der Waals surface area (Å²) < 4.78 is 5.11. The van der Waals surface area contributed by atoms with Gasteiger partial charge < -0.3 is 14.6 Å². The highest BCUT2D eigenvalue weighted by molar-refractivity contribution is 5.94. The summed E-state index contributed by atoms with van der Waals surface area (Å²) in [4.78, 5) is 32.7. The van der Waals surface area contributed by atoms with E-state index in [9.17, 15) is 9.59 Å². The predicted octanol–water partition coefficient (Wildman–Crippen LogP) is 2.38. The molecule has 1 N–H and O–H groups in total. The number of aromatic amines is 1. The lowest BCUT2D eigenvalue weighted by atomic mass is 10.2. The van der Waals surface area contributed by atoms with Gasteiger partial charge in [-0.3, -0.25) is 4.79 Å². The first kappa shape index (κ1) is 15.7. The van der Waals surface area contributed by atoms with E-state index in [2.05, 4.69) is 9.97 Å². The highest BCUT2D eigenvalue weighted by Crippen LogP contribution is 2.12. The van der Waals surface area contributed by atoms with Gasteiger partial charge in [0.25, 0.3) is 5.91 Å². The number of nitrogens with zero attached hydrogens (tertiary/aromatic N) is 2. The number of H-pyrrole nitrogens is 1. The minimum absolute atomic E-state index is 0.255. The number of esters is 1. The van der Waals surface area contributed by atoms with Gasteiger partial charge in [-0.25, -0.2) is 9.78 Å². The third-order valence-electron chi connectivity index (χ3n) is 3.67. The van der Waals surface area contributed by atoms with Crippen molar-refractivity contribution in [3.05, 3.63) is 66.0 Å². The van der Waals surface area contributed by atoms with E-state index in [1.54, 1.807) is 31.6 Å². The highest BCUT2D eigenvalue weighted by atomic mass is 16.5. The van der Waals surface area contributed by atoms with Crippen molar-refractivity contribution >= 4 is 22.9 Å². The van der Waals surface area contributed by atoms with Gasteiger partial charge in [-0.15, -0.1) is 0 Å². The average molecular weight is 323 g/mol. The molecule has 1 heterocycles. The van der Waals surface area contributed by atoms with E-state index in [4.69, 9.17) is 4.74 Å². The maximum absolute atomic E-state index is 12.1. The third-order valence-corrected chi connectivity index (χ3v) is 3.67. The molecule has 6 heteroatoms. The third kappa shape index (κ3) is 3.60. The van der Waals surface area contributed by atoms with E-state index in [1.807, 2.05) is 30.3 Å². The number of benzene rings is 2. The van der Waals surface area contributed by atoms with Crippen LogP contribution in [0.1, 0.15) is 15.9 Å². The molecule has 122 valence electrons. The SMILES string of the molecule is CN(Cc1ccccc1)C(=O)COC(=O)c1ccc2nc[nH]c2c1. The van der Waals surface area contributed by atoms with Crippen LogP contribution < -0.4 is 0 Å². The summed E-state index contributed by atoms with van der Waals surface area (Å²) in [6.45, 7) is 0.181. The van der Waals surface area contributed by atoms with Crippen molar-refractivity contribution in [2.75, 3.05) is 13.7 Å². The molecule has 0 radical (unpaired) electrons. The van der Waals surface area contributed by atoms with Crippen LogP contribution in [0.4, 0.5) is 0 Å². The number of carbonyl (C=O) groups is 2. The van der Waals surface area contributed by atoms with Crippen LogP contribution in [-0.4, -0.2) is 40.4 Å². The van der Waals surface area contributed by atoms with Crippen molar-refractivity contribution in [1.29, 1.82) is 0 Å². The second-order valence-electron chi connectivity index (χ2n) is 5.45. The van der Waals surface area contributed by atoms with Crippen LogP contribution in [0, 0.1) is 0 Å². The van der Waals surface area contributed by atoms with E-state index in [0.29, 0.717) is 12.1 Å². The van der Waals surface area contributed by atoms with Crippen LogP contribution in [0.25, 0.3) is 11.0 Å². The summed E-state index contributed by atoms with van der Waals surface area (Å²) >= 11 is 0. The largest absolute Gasteiger partial charge is 0.452 e. The fourth-order valence-corrected chi connectivity index (χ4v) is 2.33. The number of rotatable bonds is 5. The zero-order valence-electron chi connectivity index (χ0n) is 13.2. The van der Waals surface area contributed by atoms with Crippen molar-refractivity contribution in [1.82, 2.24) is 14.9 Å². The molecule has 0 saturated heterocycles. The van der Waals surface area contributed by atoms with E-state index in [-0.39, 0.29) is 12.5 Å². The van der Waals surface area contributed by atoms with Crippen LogP contribution in [0.15, 0.2) is 54.9 Å². The lowest BCUT2D eigenvalue weighted by molar-refractivity contribution is -0.133. The van der Waals surface area contributed by atoms with Crippen LogP contribution in [0.2, 0.25) is 0 Å². The van der Waals surface area contributed by atoms with Gasteiger partial charge >= 0.3 is 5.97 Å². The Balaban J connectivity index is 1.56. The summed E-state index contributed by atoms with van der Waals surface area (Å²) in [5, 5.41) is 0. The highest BCUT2D eigenvalue weighted by Gasteiger charge is 2.14. The Hall–Kier alpha value is -3.15. The Morgan fingerprint density at radius 1 is 1.17 bits per heavy atom. The Morgan fingerprint density at radius 2 is 1.96 bits per heavy atom. The zero-order valence-corrected chi connectivity index (χ0v) is 13.2. The van der Waals surface area contributed by atoms with E-state index < -0.39 is 5.97 Å². The van der Waals surface area contributed by atoms with Gasteiger partial charge in [0.05, 0.1) is 22.9 Å². The first-order chi connectivity index (χ1) is 11.6. The van der Waals surface area contributed by atoms with Gasteiger partial charge in [-0.2, -0.15) is 0 Å². The molecule has 0 unspecified atom stereocenters. The van der Waals surface area contributed by atoms with Crippen LogP contribution >= 0.6 is 0 Å². The molecule has 0 bridgehead atoms. The molecule has 0 atom stereocenters. The van der Waals surface area contributed by atoms with Crippen molar-refractivity contribution in [2.24, 2.45) is 0 Å². The quantitative estimate of drug-likeness (QED) is 0.732. The number of aromatic nitrogens is 2. The molecule has 0 saturated carbocycles. The fraction of sp³-hybridized carbons (Fsp3) is 0.167. The number of carbonyl (C=O) groups excluding carboxylic acids is 2. The molecule has 0 aliphatic rings. The molecule has 2 aromatic carbocycles. The molecular formula is C18H17N3O3. The minimum atomic E-state index is -0.534. The maximum Gasteiger partial charge on any atom is 0.338 e. The van der Waals surface area contributed by atoms with Gasteiger partial charge in [-0.05, 0) is 23.8 Å². The average Bonchev–Trinajstić information content (AvgIpc) is 3.07. The zero-order chi connectivity index (χ0) is 16.9. The van der Waals surface area contributed by atoms with Crippen molar-refractivity contribution < 1.29 is 14.3 Å². The van der Waals surface area contributed by atoms with Crippen molar-refractivity contribution in [3.63, 3.8) is 0 Å². The maximum atomic E-state index is 12.1. The number of ether oxygens (including phenoxy) is 1. The minimum Gasteiger partial charge on any atom is -0.452 e. The van der Waals surface area contributed by atoms with Gasteiger partial charge in [0, 0.05) is 13.6 Å². The number of imidazole rings is 1. The molecular weight excluding hydrogens is 306 g/mol. The molecule has 1 amide bonds. The molecule has 0 aliphatic heterocycles. The van der Waals surface area contributed by atoms with Gasteiger partial charge in [0.15, 0.2) is 6.61 Å². The van der Waals surface area contributed by atoms with E-state index >= 15 is 0 Å². The van der Waals surface area contributed by atoms with Gasteiger partial charge in [-0.1, -0.05) is 30.3 Å². The standard InChI is InChI=1S/C18H17N3O3/c1-21(10-13-5-3-2-4-6-13)17(22)11-24-18(23)14-7-8-15-16(9-14)20-12-19-15/h2-9,12H,10-11H2,1H3,(H,19,20). The summed E-state index contributed by atoms with van der Waals surface area (Å²) in [6, 6.07) is 14.6. The Morgan fingerprint density at radius 3 is 2.75 bits per heavy atom. The summed E-state index contributed by atoms with van der Waals surface area (Å²) in [5.41, 5.74) is 2.91. The van der Waals surface area contributed by atoms with E-state index in [1.165, 1.54) is 4.90 Å². The molecule has 0 fully saturated rings. The topological polar surface area (TPSA) is 75.3 Å². The number of nitrogens with one attached hydrogen (secondary N) is 1. The molecule has 0 aliphatic carbocycles. The summed E-state index contributed by atoms with van der Waals surface area (Å²) in [5.74, 6) is -0.789. The molecule has 1 aromatic heterocycles. The Labute approximate surface area is 139 Å².